The average molecular weight is 302 g/mol. The Kier molecular flexibility index (Phi) is 3.17. The highest BCUT2D eigenvalue weighted by atomic mass is 32.2. The van der Waals surface area contributed by atoms with Crippen molar-refractivity contribution in [2.24, 2.45) is 0 Å². The van der Waals surface area contributed by atoms with Gasteiger partial charge in [-0.15, -0.1) is 0 Å². The van der Waals surface area contributed by atoms with E-state index in [0.29, 0.717) is 13.0 Å². The number of benzene rings is 1. The van der Waals surface area contributed by atoms with Gasteiger partial charge in [0.05, 0.1) is 0 Å². The second kappa shape index (κ2) is 5.05. The van der Waals surface area contributed by atoms with Gasteiger partial charge in [0.25, 0.3) is 5.91 Å². The normalized spacial score (nSPS) is 26.0. The van der Waals surface area contributed by atoms with Crippen LogP contribution in [0.4, 0.5) is 4.79 Å². The van der Waals surface area contributed by atoms with E-state index in [2.05, 4.69) is 12.1 Å². The van der Waals surface area contributed by atoms with Crippen molar-refractivity contribution >= 4 is 23.7 Å². The second-order valence-corrected chi connectivity index (χ2v) is 7.18. The largest absolute Gasteiger partial charge is 0.328 e. The van der Waals surface area contributed by atoms with Crippen LogP contribution in [0.15, 0.2) is 24.3 Å². The maximum atomic E-state index is 12.7. The summed E-state index contributed by atoms with van der Waals surface area (Å²) in [6.07, 6.45) is 2.55. The van der Waals surface area contributed by atoms with E-state index >= 15 is 0 Å². The van der Waals surface area contributed by atoms with Crippen LogP contribution in [0.2, 0.25) is 0 Å². The highest BCUT2D eigenvalue weighted by Gasteiger charge is 2.49. The van der Waals surface area contributed by atoms with Crippen molar-refractivity contribution in [2.75, 3.05) is 11.5 Å². The van der Waals surface area contributed by atoms with Gasteiger partial charge in [-0.05, 0) is 35.5 Å². The molecule has 2 fully saturated rings. The number of rotatable bonds is 1. The van der Waals surface area contributed by atoms with Crippen LogP contribution >= 0.6 is 11.8 Å². The number of hydrogen-bond acceptors (Lipinski definition) is 3. The number of urea groups is 1. The molecule has 1 aromatic carbocycles. The van der Waals surface area contributed by atoms with E-state index in [4.69, 9.17) is 0 Å². The molecule has 110 valence electrons. The van der Waals surface area contributed by atoms with Gasteiger partial charge in [-0.25, -0.2) is 4.79 Å². The van der Waals surface area contributed by atoms with Crippen LogP contribution in [0.3, 0.4) is 0 Å². The molecule has 2 saturated heterocycles. The van der Waals surface area contributed by atoms with Crippen LogP contribution in [0.1, 0.15) is 24.0 Å². The van der Waals surface area contributed by atoms with E-state index < -0.39 is 0 Å². The fourth-order valence-electron chi connectivity index (χ4n) is 3.62. The first-order valence-electron chi connectivity index (χ1n) is 7.54. The molecule has 0 aliphatic carbocycles. The van der Waals surface area contributed by atoms with E-state index in [0.717, 1.165) is 24.3 Å². The van der Waals surface area contributed by atoms with Crippen LogP contribution in [-0.2, 0) is 17.8 Å². The van der Waals surface area contributed by atoms with Crippen molar-refractivity contribution in [3.8, 4) is 0 Å². The maximum Gasteiger partial charge on any atom is 0.328 e. The Balaban J connectivity index is 1.63. The predicted octanol–water partition coefficient (Wildman–Crippen LogP) is 2.27. The molecular formula is C16H18N2O2S. The zero-order valence-corrected chi connectivity index (χ0v) is 12.6. The molecule has 1 unspecified atom stereocenters. The Morgan fingerprint density at radius 1 is 1.05 bits per heavy atom. The predicted molar refractivity (Wildman–Crippen MR) is 82.1 cm³/mol. The number of imide groups is 1. The van der Waals surface area contributed by atoms with Gasteiger partial charge in [0.1, 0.15) is 6.04 Å². The fourth-order valence-corrected chi connectivity index (χ4v) is 4.70. The summed E-state index contributed by atoms with van der Waals surface area (Å²) in [6, 6.07) is 7.90. The Bertz CT molecular complexity index is 555. The van der Waals surface area contributed by atoms with Gasteiger partial charge < -0.3 is 4.90 Å². The lowest BCUT2D eigenvalue weighted by Crippen LogP contribution is -2.43. The van der Waals surface area contributed by atoms with Crippen LogP contribution in [0, 0.1) is 0 Å². The van der Waals surface area contributed by atoms with E-state index in [1.807, 2.05) is 23.9 Å². The van der Waals surface area contributed by atoms with Gasteiger partial charge >= 0.3 is 6.03 Å². The molecule has 4 rings (SSSR count). The zero-order valence-electron chi connectivity index (χ0n) is 11.8. The van der Waals surface area contributed by atoms with Crippen LogP contribution < -0.4 is 0 Å². The highest BCUT2D eigenvalue weighted by Crippen LogP contribution is 2.33. The first-order valence-corrected chi connectivity index (χ1v) is 8.69. The first-order chi connectivity index (χ1) is 10.3. The number of thioether (sulfide) groups is 1. The molecule has 3 heterocycles. The molecule has 4 nitrogen and oxygen atoms in total. The number of carbonyl (C=O) groups is 2. The number of carbonyl (C=O) groups excluding carboxylic acids is 2. The fraction of sp³-hybridized carbons (Fsp3) is 0.500. The molecule has 0 spiro atoms. The molecule has 0 bridgehead atoms. The third-order valence-electron chi connectivity index (χ3n) is 4.78. The molecule has 0 N–H and O–H groups in total. The first kappa shape index (κ1) is 13.2. The number of hydrogen-bond donors (Lipinski definition) is 0. The lowest BCUT2D eigenvalue weighted by atomic mass is 9.95. The topological polar surface area (TPSA) is 40.6 Å². The Morgan fingerprint density at radius 3 is 2.52 bits per heavy atom. The maximum absolute atomic E-state index is 12.7. The summed E-state index contributed by atoms with van der Waals surface area (Å²) in [7, 11) is 0. The van der Waals surface area contributed by atoms with Crippen molar-refractivity contribution in [1.82, 2.24) is 9.80 Å². The molecular weight excluding hydrogens is 284 g/mol. The van der Waals surface area contributed by atoms with Gasteiger partial charge in [-0.1, -0.05) is 24.3 Å². The minimum absolute atomic E-state index is 0.0198. The summed E-state index contributed by atoms with van der Waals surface area (Å²) in [6.45, 7) is 0.573. The van der Waals surface area contributed by atoms with E-state index in [1.165, 1.54) is 11.1 Å². The molecule has 1 atom stereocenters. The molecule has 5 heteroatoms. The highest BCUT2D eigenvalue weighted by molar-refractivity contribution is 7.99. The number of fused-ring (bicyclic) bond motifs is 2. The molecule has 21 heavy (non-hydrogen) atoms. The molecule has 3 aliphatic rings. The molecule has 3 aliphatic heterocycles. The van der Waals surface area contributed by atoms with E-state index in [-0.39, 0.29) is 24.0 Å². The summed E-state index contributed by atoms with van der Waals surface area (Å²) in [5.74, 6) is 2.12. The van der Waals surface area contributed by atoms with Gasteiger partial charge in [0.15, 0.2) is 0 Å². The Hall–Kier alpha value is -1.49. The molecule has 0 radical (unpaired) electrons. The molecule has 3 amide bonds. The lowest BCUT2D eigenvalue weighted by molar-refractivity contribution is -0.130. The van der Waals surface area contributed by atoms with Crippen molar-refractivity contribution in [2.45, 2.75) is 37.9 Å². The summed E-state index contributed by atoms with van der Waals surface area (Å²) in [5, 5.41) is 0. The quantitative estimate of drug-likeness (QED) is 0.747. The van der Waals surface area contributed by atoms with E-state index in [9.17, 15) is 9.59 Å². The number of amides is 3. The molecule has 0 aromatic heterocycles. The lowest BCUT2D eigenvalue weighted by Gasteiger charge is -2.29. The van der Waals surface area contributed by atoms with E-state index in [1.54, 1.807) is 9.80 Å². The van der Waals surface area contributed by atoms with Crippen LogP contribution in [0.25, 0.3) is 0 Å². The Labute approximate surface area is 128 Å². The monoisotopic (exact) mass is 302 g/mol. The Morgan fingerprint density at radius 2 is 1.76 bits per heavy atom. The average Bonchev–Trinajstić information content (AvgIpc) is 2.77. The third kappa shape index (κ3) is 2.06. The third-order valence-corrected chi connectivity index (χ3v) is 5.83. The summed E-state index contributed by atoms with van der Waals surface area (Å²) < 4.78 is 0. The van der Waals surface area contributed by atoms with Crippen LogP contribution in [-0.4, -0.2) is 45.3 Å². The standard InChI is InChI=1S/C16H18N2O2S/c19-15-14-9-11-3-1-2-4-12(11)10-17(14)16(20)18(15)13-5-7-21-8-6-13/h1-4,13-14H,5-10H2. The minimum Gasteiger partial charge on any atom is -0.308 e. The van der Waals surface area contributed by atoms with Gasteiger partial charge in [-0.3, -0.25) is 9.69 Å². The van der Waals surface area contributed by atoms with Gasteiger partial charge in [0.2, 0.25) is 0 Å². The second-order valence-electron chi connectivity index (χ2n) is 5.95. The van der Waals surface area contributed by atoms with Crippen molar-refractivity contribution in [1.29, 1.82) is 0 Å². The van der Waals surface area contributed by atoms with Crippen molar-refractivity contribution in [3.05, 3.63) is 35.4 Å². The zero-order chi connectivity index (χ0) is 14.4. The smallest absolute Gasteiger partial charge is 0.308 e. The summed E-state index contributed by atoms with van der Waals surface area (Å²) in [4.78, 5) is 28.7. The van der Waals surface area contributed by atoms with Crippen LogP contribution in [0.5, 0.6) is 0 Å². The SMILES string of the molecule is O=C1C2Cc3ccccc3CN2C(=O)N1C1CCSCC1. The van der Waals surface area contributed by atoms with Crippen molar-refractivity contribution in [3.63, 3.8) is 0 Å². The summed E-state index contributed by atoms with van der Waals surface area (Å²) >= 11 is 1.91. The molecule has 0 saturated carbocycles. The van der Waals surface area contributed by atoms with Gasteiger partial charge in [-0.2, -0.15) is 11.8 Å². The molecule has 1 aromatic rings. The van der Waals surface area contributed by atoms with Crippen molar-refractivity contribution < 1.29 is 9.59 Å². The number of nitrogens with zero attached hydrogens (tertiary/aromatic N) is 2. The minimum atomic E-state index is -0.276. The summed E-state index contributed by atoms with van der Waals surface area (Å²) in [5.41, 5.74) is 2.39. The van der Waals surface area contributed by atoms with Gasteiger partial charge in [0, 0.05) is 19.0 Å².